The molecule has 0 unspecified atom stereocenters. The topological polar surface area (TPSA) is 8.17 Å². The molecule has 2 nitrogen and oxygen atoms in total. The van der Waals surface area contributed by atoms with Gasteiger partial charge in [-0.05, 0) is 132 Å². The lowest BCUT2D eigenvalue weighted by molar-refractivity contribution is 0.783. The van der Waals surface area contributed by atoms with E-state index in [2.05, 4.69) is 240 Å². The van der Waals surface area contributed by atoms with E-state index in [1.54, 1.807) is 0 Å². The van der Waals surface area contributed by atoms with Gasteiger partial charge in [0.25, 0.3) is 0 Å². The molecule has 63 heavy (non-hydrogen) atoms. The molecule has 14 rings (SSSR count). The number of nitrogens with zero attached hydrogens (tertiary/aromatic N) is 2. The normalized spacial score (nSPS) is 13.2. The molecule has 2 heteroatoms. The Kier molecular flexibility index (Phi) is 7.07. The zero-order chi connectivity index (χ0) is 41.2. The molecule has 0 amide bonds. The highest BCUT2D eigenvalue weighted by Gasteiger charge is 2.50. The van der Waals surface area contributed by atoms with Gasteiger partial charge in [0.05, 0.1) is 22.1 Å². The maximum absolute atomic E-state index is 2.53. The van der Waals surface area contributed by atoms with Crippen LogP contribution in [0.25, 0.3) is 82.1 Å². The maximum atomic E-state index is 2.53. The van der Waals surface area contributed by atoms with E-state index in [1.165, 1.54) is 98.6 Å². The van der Waals surface area contributed by atoms with E-state index < -0.39 is 5.41 Å². The van der Waals surface area contributed by atoms with Crippen LogP contribution < -0.4 is 4.90 Å². The van der Waals surface area contributed by atoms with Crippen molar-refractivity contribution in [3.05, 3.63) is 253 Å². The van der Waals surface area contributed by atoms with Crippen LogP contribution >= 0.6 is 0 Å². The average Bonchev–Trinajstić information content (AvgIpc) is 3.85. The van der Waals surface area contributed by atoms with Gasteiger partial charge in [0.1, 0.15) is 0 Å². The molecule has 1 spiro atoms. The largest absolute Gasteiger partial charge is 0.310 e. The Hall–Kier alpha value is -8.20. The van der Waals surface area contributed by atoms with E-state index in [9.17, 15) is 0 Å². The van der Waals surface area contributed by atoms with E-state index in [4.69, 9.17) is 0 Å². The number of anilines is 3. The minimum Gasteiger partial charge on any atom is -0.310 e. The van der Waals surface area contributed by atoms with Crippen LogP contribution in [-0.4, -0.2) is 4.57 Å². The standard InChI is InChI=1S/C61H38N2/c1-2-19-45(20-3-1)63-56-35-31-42-18-12-26-53-58(42)60(56)59-54(61(53)51-24-10-8-22-49(51)50-23-9-11-25-52(50)61)37-44(38-57(59)63)40-28-32-46(33-29-40)62(47-34-30-39-14-4-5-16-43(39)36-47)55-27-13-17-41-15-6-7-21-48(41)55/h1-38H. The molecule has 2 aliphatic carbocycles. The second-order valence-electron chi connectivity index (χ2n) is 17.2. The van der Waals surface area contributed by atoms with E-state index >= 15 is 0 Å². The molecule has 11 aromatic carbocycles. The van der Waals surface area contributed by atoms with Crippen molar-refractivity contribution >= 4 is 71.2 Å². The van der Waals surface area contributed by atoms with E-state index in [0.717, 1.165) is 22.7 Å². The van der Waals surface area contributed by atoms with Crippen LogP contribution in [0.5, 0.6) is 0 Å². The average molecular weight is 799 g/mol. The van der Waals surface area contributed by atoms with E-state index in [0.29, 0.717) is 0 Å². The maximum Gasteiger partial charge on any atom is 0.0726 e. The summed E-state index contributed by atoms with van der Waals surface area (Å²) in [6.07, 6.45) is 0. The second-order valence-corrected chi connectivity index (χ2v) is 17.2. The van der Waals surface area contributed by atoms with Crippen LogP contribution in [0.1, 0.15) is 22.3 Å². The van der Waals surface area contributed by atoms with Gasteiger partial charge in [-0.3, -0.25) is 0 Å². The molecule has 0 saturated heterocycles. The summed E-state index contributed by atoms with van der Waals surface area (Å²) in [4.78, 5) is 2.42. The lowest BCUT2D eigenvalue weighted by atomic mass is 9.63. The molecule has 1 heterocycles. The third-order valence-electron chi connectivity index (χ3n) is 14.1. The summed E-state index contributed by atoms with van der Waals surface area (Å²) in [5, 5.41) is 10.2. The van der Waals surface area contributed by atoms with Crippen molar-refractivity contribution in [2.24, 2.45) is 0 Å². The van der Waals surface area contributed by atoms with Gasteiger partial charge >= 0.3 is 0 Å². The first kappa shape index (κ1) is 34.5. The SMILES string of the molecule is c1ccc(-n2c3cc(-c4ccc(N(c5ccc6ccccc6c5)c5cccc6ccccc56)cc4)cc4c3c3c5c(cccc5ccc32)C42c3ccccc3-c3ccccc32)cc1. The fourth-order valence-electron chi connectivity index (χ4n) is 11.5. The van der Waals surface area contributed by atoms with Gasteiger partial charge in [-0.15, -0.1) is 0 Å². The lowest BCUT2D eigenvalue weighted by Gasteiger charge is -2.38. The lowest BCUT2D eigenvalue weighted by Crippen LogP contribution is -2.30. The highest BCUT2D eigenvalue weighted by Crippen LogP contribution is 2.62. The smallest absolute Gasteiger partial charge is 0.0726 e. The number of aromatic nitrogens is 1. The highest BCUT2D eigenvalue weighted by molar-refractivity contribution is 6.27. The molecule has 292 valence electrons. The van der Waals surface area contributed by atoms with Crippen molar-refractivity contribution in [3.63, 3.8) is 0 Å². The molecule has 0 fully saturated rings. The molecule has 0 bridgehead atoms. The number of hydrogen-bond donors (Lipinski definition) is 0. The quantitative estimate of drug-likeness (QED) is 0.168. The zero-order valence-electron chi connectivity index (χ0n) is 34.3. The molecule has 0 N–H and O–H groups in total. The van der Waals surface area contributed by atoms with Gasteiger partial charge in [-0.2, -0.15) is 0 Å². The molecule has 0 saturated carbocycles. The summed E-state index contributed by atoms with van der Waals surface area (Å²) in [6.45, 7) is 0. The van der Waals surface area contributed by atoms with Crippen molar-refractivity contribution in [3.8, 4) is 27.9 Å². The summed E-state index contributed by atoms with van der Waals surface area (Å²) in [7, 11) is 0. The minimum atomic E-state index is -0.508. The Labute approximate surface area is 365 Å². The number of hydrogen-bond acceptors (Lipinski definition) is 1. The van der Waals surface area contributed by atoms with Gasteiger partial charge < -0.3 is 9.47 Å². The van der Waals surface area contributed by atoms with E-state index in [1.807, 2.05) is 0 Å². The zero-order valence-corrected chi connectivity index (χ0v) is 34.3. The summed E-state index contributed by atoms with van der Waals surface area (Å²) >= 11 is 0. The molecule has 2 aliphatic rings. The number of benzene rings is 11. The monoisotopic (exact) mass is 798 g/mol. The summed E-state index contributed by atoms with van der Waals surface area (Å²) in [6, 6.07) is 85.9. The predicted octanol–water partition coefficient (Wildman–Crippen LogP) is 16.1. The fraction of sp³-hybridized carbons (Fsp3) is 0.0164. The Morgan fingerprint density at radius 3 is 1.76 bits per heavy atom. The van der Waals surface area contributed by atoms with Crippen LogP contribution in [-0.2, 0) is 5.41 Å². The number of rotatable bonds is 5. The molecule has 0 atom stereocenters. The third-order valence-corrected chi connectivity index (χ3v) is 14.1. The van der Waals surface area contributed by atoms with Crippen LogP contribution in [0.2, 0.25) is 0 Å². The molecule has 1 aromatic heterocycles. The summed E-state index contributed by atoms with van der Waals surface area (Å²) in [5.41, 5.74) is 16.9. The first-order valence-electron chi connectivity index (χ1n) is 21.9. The van der Waals surface area contributed by atoms with Crippen LogP contribution in [0.4, 0.5) is 17.1 Å². The Balaban J connectivity index is 1.05. The van der Waals surface area contributed by atoms with Gasteiger partial charge in [0, 0.05) is 33.2 Å². The van der Waals surface area contributed by atoms with Gasteiger partial charge in [0.15, 0.2) is 0 Å². The summed E-state index contributed by atoms with van der Waals surface area (Å²) < 4.78 is 2.51. The number of para-hydroxylation sites is 1. The molecule has 0 aliphatic heterocycles. The molecular formula is C61H38N2. The molecular weight excluding hydrogens is 761 g/mol. The van der Waals surface area contributed by atoms with Crippen molar-refractivity contribution < 1.29 is 0 Å². The Morgan fingerprint density at radius 2 is 0.952 bits per heavy atom. The van der Waals surface area contributed by atoms with Crippen molar-refractivity contribution in [2.75, 3.05) is 4.90 Å². The first-order valence-corrected chi connectivity index (χ1v) is 21.9. The van der Waals surface area contributed by atoms with Crippen molar-refractivity contribution in [2.45, 2.75) is 5.41 Å². The highest BCUT2D eigenvalue weighted by atomic mass is 15.1. The molecule has 0 radical (unpaired) electrons. The van der Waals surface area contributed by atoms with Crippen LogP contribution in [0, 0.1) is 0 Å². The summed E-state index contributed by atoms with van der Waals surface area (Å²) in [5.74, 6) is 0. The minimum absolute atomic E-state index is 0.508. The van der Waals surface area contributed by atoms with E-state index in [-0.39, 0.29) is 0 Å². The van der Waals surface area contributed by atoms with Crippen LogP contribution in [0.3, 0.4) is 0 Å². The van der Waals surface area contributed by atoms with Gasteiger partial charge in [-0.1, -0.05) is 170 Å². The second kappa shape index (κ2) is 12.9. The van der Waals surface area contributed by atoms with Crippen molar-refractivity contribution in [1.29, 1.82) is 0 Å². The predicted molar refractivity (Wildman–Crippen MR) is 264 cm³/mol. The van der Waals surface area contributed by atoms with Crippen LogP contribution in [0.15, 0.2) is 231 Å². The van der Waals surface area contributed by atoms with Gasteiger partial charge in [0.2, 0.25) is 0 Å². The van der Waals surface area contributed by atoms with Crippen molar-refractivity contribution in [1.82, 2.24) is 4.57 Å². The molecule has 12 aromatic rings. The Bertz CT molecular complexity index is 3800. The van der Waals surface area contributed by atoms with Gasteiger partial charge in [-0.25, -0.2) is 0 Å². The number of fused-ring (bicyclic) bond motifs is 9. The Morgan fingerprint density at radius 1 is 0.333 bits per heavy atom. The fourth-order valence-corrected chi connectivity index (χ4v) is 11.5. The third kappa shape index (κ3) is 4.67. The first-order chi connectivity index (χ1) is 31.3.